The van der Waals surface area contributed by atoms with Crippen LogP contribution in [0, 0.1) is 11.8 Å². The van der Waals surface area contributed by atoms with Crippen molar-refractivity contribution in [3.05, 3.63) is 0 Å². The Bertz CT molecular complexity index is 613. The first-order chi connectivity index (χ1) is 11.6. The van der Waals surface area contributed by atoms with Crippen molar-refractivity contribution in [2.45, 2.75) is 48.8 Å². The van der Waals surface area contributed by atoms with E-state index >= 15 is 0 Å². The van der Waals surface area contributed by atoms with Gasteiger partial charge in [-0.2, -0.15) is 17.6 Å². The molecule has 3 aliphatic heterocycles. The van der Waals surface area contributed by atoms with E-state index < -0.39 is 83.8 Å². The molecule has 6 unspecified atom stereocenters. The molecule has 3 saturated heterocycles. The summed E-state index contributed by atoms with van der Waals surface area (Å²) >= 11 is -4.27. The molecule has 0 radical (unpaired) electrons. The van der Waals surface area contributed by atoms with E-state index in [1.165, 1.54) is 0 Å². The largest absolute Gasteiger partial charge is 0.768 e. The van der Waals surface area contributed by atoms with Crippen LogP contribution in [-0.2, 0) is 34.9 Å². The Morgan fingerprint density at radius 3 is 2.64 bits per heavy atom. The highest BCUT2D eigenvalue weighted by molar-refractivity contribution is 7.80. The van der Waals surface area contributed by atoms with Gasteiger partial charge in [-0.3, -0.25) is 13.8 Å². The van der Waals surface area contributed by atoms with Gasteiger partial charge < -0.3 is 18.8 Å². The highest BCUT2D eigenvalue weighted by atomic mass is 32.2. The van der Waals surface area contributed by atoms with E-state index in [-0.39, 0.29) is 0 Å². The third-order valence-electron chi connectivity index (χ3n) is 4.63. The fraction of sp³-hybridized carbons (Fsp3) is 0.846. The number of ether oxygens (including phenoxy) is 3. The number of halogens is 4. The van der Waals surface area contributed by atoms with Crippen molar-refractivity contribution in [1.82, 2.24) is 0 Å². The van der Waals surface area contributed by atoms with Gasteiger partial charge in [0, 0.05) is 17.5 Å². The van der Waals surface area contributed by atoms with Gasteiger partial charge in [-0.15, -0.1) is 0 Å². The Balaban J connectivity index is 1.48. The highest BCUT2D eigenvalue weighted by Gasteiger charge is 2.66. The Morgan fingerprint density at radius 2 is 2.00 bits per heavy atom. The summed E-state index contributed by atoms with van der Waals surface area (Å²) in [6.45, 7) is -0.603. The minimum Gasteiger partial charge on any atom is -0.768 e. The SMILES string of the molecule is O=C1OC2C3OC(CC13)C2C(=O)OCCCC(F)(F)C(F)(F)S(=O)[O-]. The van der Waals surface area contributed by atoms with Crippen molar-refractivity contribution in [2.75, 3.05) is 6.61 Å². The molecule has 0 N–H and O–H groups in total. The maximum atomic E-state index is 13.2. The molecule has 0 aromatic rings. The number of fused-ring (bicyclic) bond motifs is 1. The van der Waals surface area contributed by atoms with Crippen LogP contribution in [0.3, 0.4) is 0 Å². The molecule has 12 heteroatoms. The lowest BCUT2D eigenvalue weighted by molar-refractivity contribution is -0.167. The second-order valence-corrected chi connectivity index (χ2v) is 7.12. The lowest BCUT2D eigenvalue weighted by Crippen LogP contribution is -2.44. The van der Waals surface area contributed by atoms with E-state index in [1.54, 1.807) is 0 Å². The number of carbonyl (C=O) groups is 2. The topological polar surface area (TPSA) is 102 Å². The van der Waals surface area contributed by atoms with E-state index in [0.29, 0.717) is 6.42 Å². The van der Waals surface area contributed by atoms with Crippen LogP contribution < -0.4 is 0 Å². The Kier molecular flexibility index (Phi) is 4.57. The lowest BCUT2D eigenvalue weighted by atomic mass is 9.82. The average Bonchev–Trinajstić information content (AvgIpc) is 3.13. The first-order valence-electron chi connectivity index (χ1n) is 7.44. The molecule has 2 bridgehead atoms. The van der Waals surface area contributed by atoms with Crippen LogP contribution in [0.25, 0.3) is 0 Å². The standard InChI is InChI=1S/C13H14F4O7S/c14-12(15,13(16,17)25(20)21)2-1-3-22-11(19)7-6-4-5-8(23-6)9(7)24-10(5)18/h5-9H,1-4H2,(H,20,21)/p-1. The van der Waals surface area contributed by atoms with Crippen molar-refractivity contribution in [3.8, 4) is 0 Å². The molecule has 142 valence electrons. The number of esters is 2. The lowest BCUT2D eigenvalue weighted by Gasteiger charge is -2.28. The molecule has 3 aliphatic rings. The Morgan fingerprint density at radius 1 is 1.32 bits per heavy atom. The second kappa shape index (κ2) is 6.16. The van der Waals surface area contributed by atoms with E-state index in [9.17, 15) is 35.9 Å². The highest BCUT2D eigenvalue weighted by Crippen LogP contribution is 2.49. The van der Waals surface area contributed by atoms with E-state index in [1.807, 2.05) is 0 Å². The minimum absolute atomic E-state index is 0.305. The van der Waals surface area contributed by atoms with E-state index in [0.717, 1.165) is 0 Å². The molecule has 7 nitrogen and oxygen atoms in total. The summed E-state index contributed by atoms with van der Waals surface area (Å²) in [5, 5.41) is -5.21. The molecular formula is C13H13F4O7S-. The van der Waals surface area contributed by atoms with Crippen molar-refractivity contribution in [2.24, 2.45) is 11.8 Å². The molecule has 3 rings (SSSR count). The number of hydrogen-bond acceptors (Lipinski definition) is 7. The Hall–Kier alpha value is -1.27. The average molecular weight is 389 g/mol. The predicted octanol–water partition coefficient (Wildman–Crippen LogP) is 0.746. The van der Waals surface area contributed by atoms with Gasteiger partial charge in [0.1, 0.15) is 18.1 Å². The van der Waals surface area contributed by atoms with Gasteiger partial charge in [-0.05, 0) is 12.8 Å². The van der Waals surface area contributed by atoms with Gasteiger partial charge in [0.2, 0.25) is 0 Å². The third kappa shape index (κ3) is 2.93. The molecule has 25 heavy (non-hydrogen) atoms. The first-order valence-corrected chi connectivity index (χ1v) is 8.51. The molecule has 0 aromatic carbocycles. The van der Waals surface area contributed by atoms with Crippen LogP contribution in [-0.4, -0.2) is 56.8 Å². The van der Waals surface area contributed by atoms with E-state index in [4.69, 9.17) is 14.2 Å². The number of alkyl halides is 4. The fourth-order valence-corrected chi connectivity index (χ4v) is 3.74. The molecule has 0 saturated carbocycles. The summed E-state index contributed by atoms with van der Waals surface area (Å²) in [7, 11) is 0. The zero-order valence-corrected chi connectivity index (χ0v) is 13.3. The molecule has 3 heterocycles. The van der Waals surface area contributed by atoms with Crippen LogP contribution in [0.2, 0.25) is 0 Å². The van der Waals surface area contributed by atoms with Gasteiger partial charge in [-0.25, -0.2) is 0 Å². The number of carbonyl (C=O) groups excluding carboxylic acids is 2. The van der Waals surface area contributed by atoms with Gasteiger partial charge >= 0.3 is 23.1 Å². The minimum atomic E-state index is -5.21. The smallest absolute Gasteiger partial charge is 0.371 e. The normalized spacial score (nSPS) is 34.9. The maximum Gasteiger partial charge on any atom is 0.371 e. The second-order valence-electron chi connectivity index (χ2n) is 6.14. The van der Waals surface area contributed by atoms with Crippen molar-refractivity contribution in [1.29, 1.82) is 0 Å². The van der Waals surface area contributed by atoms with Crippen molar-refractivity contribution < 1.29 is 50.1 Å². The zero-order valence-electron chi connectivity index (χ0n) is 12.5. The third-order valence-corrected chi connectivity index (χ3v) is 5.35. The van der Waals surface area contributed by atoms with E-state index in [2.05, 4.69) is 0 Å². The van der Waals surface area contributed by atoms with Gasteiger partial charge in [0.25, 0.3) is 0 Å². The summed E-state index contributed by atoms with van der Waals surface area (Å²) in [5.41, 5.74) is 0. The summed E-state index contributed by atoms with van der Waals surface area (Å²) in [4.78, 5) is 23.6. The van der Waals surface area contributed by atoms with Crippen LogP contribution >= 0.6 is 0 Å². The maximum absolute atomic E-state index is 13.2. The van der Waals surface area contributed by atoms with Crippen LogP contribution in [0.15, 0.2) is 0 Å². The quantitative estimate of drug-likeness (QED) is 0.274. The molecule has 3 fully saturated rings. The van der Waals surface area contributed by atoms with Crippen LogP contribution in [0.4, 0.5) is 17.6 Å². The van der Waals surface area contributed by atoms with Gasteiger partial charge in [0.15, 0.2) is 0 Å². The zero-order chi connectivity index (χ0) is 18.6. The molecular weight excluding hydrogens is 376 g/mol. The Labute approximate surface area is 141 Å². The van der Waals surface area contributed by atoms with Crippen molar-refractivity contribution >= 4 is 23.0 Å². The molecule has 0 spiro atoms. The summed E-state index contributed by atoms with van der Waals surface area (Å²) < 4.78 is 87.8. The van der Waals surface area contributed by atoms with Crippen LogP contribution in [0.5, 0.6) is 0 Å². The van der Waals surface area contributed by atoms with Gasteiger partial charge in [-0.1, -0.05) is 0 Å². The molecule has 0 aromatic heterocycles. The first kappa shape index (κ1) is 18.5. The van der Waals surface area contributed by atoms with Gasteiger partial charge in [0.05, 0.1) is 18.6 Å². The summed E-state index contributed by atoms with van der Waals surface area (Å²) in [5.74, 6) is -7.35. The summed E-state index contributed by atoms with van der Waals surface area (Å²) in [6.07, 6.45) is -3.70. The predicted molar refractivity (Wildman–Crippen MR) is 69.1 cm³/mol. The number of rotatable bonds is 7. The molecule has 0 amide bonds. The van der Waals surface area contributed by atoms with Crippen molar-refractivity contribution in [3.63, 3.8) is 0 Å². The number of hydrogen-bond donors (Lipinski definition) is 0. The monoisotopic (exact) mass is 389 g/mol. The molecule has 6 atom stereocenters. The fourth-order valence-electron chi connectivity index (χ4n) is 3.40. The molecule has 0 aliphatic carbocycles. The summed E-state index contributed by atoms with van der Waals surface area (Å²) in [6, 6.07) is 0. The van der Waals surface area contributed by atoms with Crippen LogP contribution in [0.1, 0.15) is 19.3 Å².